The zero-order chi connectivity index (χ0) is 15.5. The van der Waals surface area contributed by atoms with Gasteiger partial charge in [-0.1, -0.05) is 54.9 Å². The molecule has 1 aromatic carbocycles. The summed E-state index contributed by atoms with van der Waals surface area (Å²) in [7, 11) is 2.09. The average Bonchev–Trinajstić information content (AvgIpc) is 2.41. The lowest BCUT2D eigenvalue weighted by Gasteiger charge is -2.44. The largest absolute Gasteiger partial charge is 0.319 e. The van der Waals surface area contributed by atoms with Crippen LogP contribution in [-0.2, 0) is 6.42 Å². The lowest BCUT2D eigenvalue weighted by Crippen LogP contribution is -2.40. The minimum absolute atomic E-state index is 0.431. The molecular weight excluding hydrogens is 322 g/mol. The van der Waals surface area contributed by atoms with Crippen molar-refractivity contribution in [2.45, 2.75) is 52.9 Å². The van der Waals surface area contributed by atoms with Gasteiger partial charge >= 0.3 is 0 Å². The number of hydrogen-bond donors (Lipinski definition) is 1. The van der Waals surface area contributed by atoms with Crippen molar-refractivity contribution in [3.8, 4) is 0 Å². The molecule has 1 saturated carbocycles. The third kappa shape index (κ3) is 4.32. The Balaban J connectivity index is 2.11. The van der Waals surface area contributed by atoms with E-state index in [0.29, 0.717) is 10.8 Å². The van der Waals surface area contributed by atoms with Crippen LogP contribution < -0.4 is 5.32 Å². The van der Waals surface area contributed by atoms with E-state index >= 15 is 0 Å². The average molecular weight is 352 g/mol. The predicted octanol–water partition coefficient (Wildman–Crippen LogP) is 5.43. The summed E-state index contributed by atoms with van der Waals surface area (Å²) in [5.74, 6) is 0.877. The summed E-state index contributed by atoms with van der Waals surface area (Å²) in [6.45, 7) is 8.33. The van der Waals surface area contributed by atoms with Crippen molar-refractivity contribution in [2.75, 3.05) is 13.6 Å². The lowest BCUT2D eigenvalue weighted by molar-refractivity contribution is 0.0875. The Morgan fingerprint density at radius 3 is 2.33 bits per heavy atom. The van der Waals surface area contributed by atoms with E-state index < -0.39 is 0 Å². The molecule has 1 nitrogen and oxygen atoms in total. The van der Waals surface area contributed by atoms with Crippen LogP contribution in [0.4, 0.5) is 0 Å². The van der Waals surface area contributed by atoms with Gasteiger partial charge in [-0.2, -0.15) is 0 Å². The van der Waals surface area contributed by atoms with Gasteiger partial charge in [0, 0.05) is 11.0 Å². The van der Waals surface area contributed by atoms with Gasteiger partial charge in [0.1, 0.15) is 0 Å². The molecule has 0 aromatic heterocycles. The Morgan fingerprint density at radius 1 is 1.19 bits per heavy atom. The molecular formula is C19H30BrN. The first-order chi connectivity index (χ1) is 9.86. The fourth-order valence-electron chi connectivity index (χ4n) is 3.93. The monoisotopic (exact) mass is 351 g/mol. The van der Waals surface area contributed by atoms with Crippen molar-refractivity contribution in [2.24, 2.45) is 16.7 Å². The smallest absolute Gasteiger partial charge is 0.0207 e. The maximum absolute atomic E-state index is 3.72. The van der Waals surface area contributed by atoms with Crippen LogP contribution in [0.3, 0.4) is 0 Å². The second-order valence-corrected chi connectivity index (χ2v) is 8.79. The lowest BCUT2D eigenvalue weighted by atomic mass is 9.62. The Bertz CT molecular complexity index is 453. The topological polar surface area (TPSA) is 12.0 Å². The second kappa shape index (κ2) is 6.83. The molecule has 0 atom stereocenters. The third-order valence-corrected chi connectivity index (χ3v) is 6.12. The first-order valence-electron chi connectivity index (χ1n) is 8.24. The predicted molar refractivity (Wildman–Crippen MR) is 95.6 cm³/mol. The van der Waals surface area contributed by atoms with Gasteiger partial charge in [0.15, 0.2) is 0 Å². The molecule has 0 saturated heterocycles. The Labute approximate surface area is 139 Å². The highest BCUT2D eigenvalue weighted by atomic mass is 79.9. The molecule has 2 heteroatoms. The van der Waals surface area contributed by atoms with Crippen LogP contribution in [0.5, 0.6) is 0 Å². The zero-order valence-electron chi connectivity index (χ0n) is 14.0. The molecule has 1 aromatic rings. The van der Waals surface area contributed by atoms with E-state index in [1.807, 2.05) is 0 Å². The van der Waals surface area contributed by atoms with Crippen LogP contribution in [0.25, 0.3) is 0 Å². The number of hydrogen-bond acceptors (Lipinski definition) is 1. The van der Waals surface area contributed by atoms with Gasteiger partial charge in [-0.3, -0.25) is 0 Å². The van der Waals surface area contributed by atoms with Gasteiger partial charge in [-0.25, -0.2) is 0 Å². The van der Waals surface area contributed by atoms with Crippen molar-refractivity contribution in [3.05, 3.63) is 34.3 Å². The van der Waals surface area contributed by atoms with E-state index in [1.54, 1.807) is 0 Å². The molecule has 0 spiro atoms. The molecule has 0 bridgehead atoms. The number of benzene rings is 1. The van der Waals surface area contributed by atoms with Crippen molar-refractivity contribution in [1.29, 1.82) is 0 Å². The summed E-state index contributed by atoms with van der Waals surface area (Å²) in [4.78, 5) is 0. The van der Waals surface area contributed by atoms with E-state index in [9.17, 15) is 0 Å². The van der Waals surface area contributed by atoms with Crippen molar-refractivity contribution in [1.82, 2.24) is 5.32 Å². The molecule has 1 N–H and O–H groups in total. The van der Waals surface area contributed by atoms with Gasteiger partial charge in [0.25, 0.3) is 0 Å². The van der Waals surface area contributed by atoms with Crippen LogP contribution in [0, 0.1) is 16.7 Å². The number of nitrogens with one attached hydrogen (secondary N) is 1. The summed E-state index contributed by atoms with van der Waals surface area (Å²) >= 11 is 3.72. The molecule has 21 heavy (non-hydrogen) atoms. The minimum Gasteiger partial charge on any atom is -0.319 e. The normalized spacial score (nSPS) is 26.8. The molecule has 0 heterocycles. The third-order valence-electron chi connectivity index (χ3n) is 5.35. The zero-order valence-corrected chi connectivity index (χ0v) is 15.6. The van der Waals surface area contributed by atoms with Crippen LogP contribution in [-0.4, -0.2) is 13.6 Å². The summed E-state index contributed by atoms with van der Waals surface area (Å²) < 4.78 is 1.26. The number of halogens is 1. The molecule has 118 valence electrons. The molecule has 2 rings (SSSR count). The molecule has 1 fully saturated rings. The van der Waals surface area contributed by atoms with Gasteiger partial charge in [0.05, 0.1) is 0 Å². The highest BCUT2D eigenvalue weighted by Crippen LogP contribution is 2.47. The number of rotatable bonds is 4. The van der Waals surface area contributed by atoms with Crippen molar-refractivity contribution >= 4 is 15.9 Å². The maximum Gasteiger partial charge on any atom is 0.0207 e. The van der Waals surface area contributed by atoms with E-state index in [1.165, 1.54) is 42.1 Å². The standard InChI is InChI=1S/C19H30BrN/c1-18(2,3)16-9-11-19(12-10-16,14-21-4)13-15-7-5-6-8-17(15)20/h5-8,16,21H,9-14H2,1-4H3. The Hall–Kier alpha value is -0.340. The van der Waals surface area contributed by atoms with Crippen LogP contribution in [0.1, 0.15) is 52.0 Å². The Kier molecular flexibility index (Phi) is 5.54. The van der Waals surface area contributed by atoms with Crippen LogP contribution in [0.2, 0.25) is 0 Å². The molecule has 1 aliphatic carbocycles. The van der Waals surface area contributed by atoms with Gasteiger partial charge in [0.2, 0.25) is 0 Å². The van der Waals surface area contributed by atoms with Gasteiger partial charge < -0.3 is 5.32 Å². The summed E-state index contributed by atoms with van der Waals surface area (Å²) in [5, 5.41) is 3.46. The first kappa shape index (κ1) is 17.0. The SMILES string of the molecule is CNCC1(Cc2ccccc2Br)CCC(C(C)(C)C)CC1. The van der Waals surface area contributed by atoms with E-state index in [2.05, 4.69) is 73.3 Å². The maximum atomic E-state index is 3.72. The summed E-state index contributed by atoms with van der Waals surface area (Å²) in [6, 6.07) is 8.71. The highest BCUT2D eigenvalue weighted by molar-refractivity contribution is 9.10. The van der Waals surface area contributed by atoms with E-state index in [0.717, 1.165) is 12.5 Å². The van der Waals surface area contributed by atoms with Gasteiger partial charge in [-0.05, 0) is 67.5 Å². The van der Waals surface area contributed by atoms with Crippen LogP contribution in [0.15, 0.2) is 28.7 Å². The molecule has 0 aliphatic heterocycles. The highest BCUT2D eigenvalue weighted by Gasteiger charge is 2.38. The van der Waals surface area contributed by atoms with Gasteiger partial charge in [-0.15, -0.1) is 0 Å². The second-order valence-electron chi connectivity index (χ2n) is 7.94. The van der Waals surface area contributed by atoms with Crippen molar-refractivity contribution in [3.63, 3.8) is 0 Å². The van der Waals surface area contributed by atoms with Crippen LogP contribution >= 0.6 is 15.9 Å². The molecule has 1 aliphatic rings. The summed E-state index contributed by atoms with van der Waals surface area (Å²) in [6.07, 6.45) is 6.62. The first-order valence-corrected chi connectivity index (χ1v) is 9.04. The minimum atomic E-state index is 0.431. The van der Waals surface area contributed by atoms with Crippen molar-refractivity contribution < 1.29 is 0 Å². The van der Waals surface area contributed by atoms with E-state index in [-0.39, 0.29) is 0 Å². The quantitative estimate of drug-likeness (QED) is 0.761. The molecule has 0 amide bonds. The van der Waals surface area contributed by atoms with E-state index in [4.69, 9.17) is 0 Å². The Morgan fingerprint density at radius 2 is 1.81 bits per heavy atom. The fraction of sp³-hybridized carbons (Fsp3) is 0.684. The summed E-state index contributed by atoms with van der Waals surface area (Å²) in [5.41, 5.74) is 2.35. The fourth-order valence-corrected chi connectivity index (χ4v) is 4.36. The molecule has 0 unspecified atom stereocenters. The molecule has 0 radical (unpaired) electrons.